The molecule has 1 aliphatic rings. The average Bonchev–Trinajstić information content (AvgIpc) is 2.81. The molecule has 0 radical (unpaired) electrons. The molecule has 1 saturated carbocycles. The lowest BCUT2D eigenvalue weighted by molar-refractivity contribution is -0.150. The Bertz CT molecular complexity index is 769. The van der Waals surface area contributed by atoms with Crippen LogP contribution in [0, 0.1) is 5.41 Å². The predicted molar refractivity (Wildman–Crippen MR) is 125 cm³/mol. The molecule has 0 atom stereocenters. The van der Waals surface area contributed by atoms with Crippen molar-refractivity contribution in [3.63, 3.8) is 0 Å². The van der Waals surface area contributed by atoms with Gasteiger partial charge in [-0.3, -0.25) is 14.4 Å². The molecule has 2 rings (SSSR count). The predicted octanol–water partition coefficient (Wildman–Crippen LogP) is -0.471. The first-order chi connectivity index (χ1) is 16.5. The first-order valence-corrected chi connectivity index (χ1v) is 11.5. The van der Waals surface area contributed by atoms with Gasteiger partial charge < -0.3 is 41.0 Å². The Morgan fingerprint density at radius 2 is 1.47 bits per heavy atom. The SMILES string of the molecule is NCCOCCOCCOCCNC(=O)C1(C(=O)NCC(=O)Nc2ccc(CO)cc2)CCC1. The number of nitrogens with one attached hydrogen (secondary N) is 3. The lowest BCUT2D eigenvalue weighted by atomic mass is 9.67. The van der Waals surface area contributed by atoms with E-state index in [1.54, 1.807) is 24.3 Å². The third kappa shape index (κ3) is 8.99. The topological polar surface area (TPSA) is 161 Å². The van der Waals surface area contributed by atoms with Crippen LogP contribution in [0.2, 0.25) is 0 Å². The molecule has 190 valence electrons. The van der Waals surface area contributed by atoms with E-state index in [4.69, 9.17) is 25.1 Å². The minimum Gasteiger partial charge on any atom is -0.392 e. The molecule has 1 aliphatic carbocycles. The molecule has 0 aliphatic heterocycles. The smallest absolute Gasteiger partial charge is 0.243 e. The highest BCUT2D eigenvalue weighted by molar-refractivity contribution is 6.07. The second-order valence-corrected chi connectivity index (χ2v) is 7.90. The van der Waals surface area contributed by atoms with E-state index in [1.165, 1.54) is 0 Å². The van der Waals surface area contributed by atoms with Gasteiger partial charge in [0, 0.05) is 18.8 Å². The van der Waals surface area contributed by atoms with Gasteiger partial charge in [0.2, 0.25) is 17.7 Å². The van der Waals surface area contributed by atoms with E-state index in [1.807, 2.05) is 0 Å². The highest BCUT2D eigenvalue weighted by atomic mass is 16.5. The minimum absolute atomic E-state index is 0.0826. The van der Waals surface area contributed by atoms with E-state index in [2.05, 4.69) is 16.0 Å². The second kappa shape index (κ2) is 15.4. The summed E-state index contributed by atoms with van der Waals surface area (Å²) in [6.45, 7) is 2.99. The number of carbonyl (C=O) groups is 3. The summed E-state index contributed by atoms with van der Waals surface area (Å²) in [5.74, 6) is -1.21. The number of nitrogens with two attached hydrogens (primary N) is 1. The van der Waals surface area contributed by atoms with Crippen LogP contribution in [-0.4, -0.2) is 82.1 Å². The van der Waals surface area contributed by atoms with Crippen LogP contribution in [-0.2, 0) is 35.2 Å². The highest BCUT2D eigenvalue weighted by Gasteiger charge is 2.50. The molecule has 3 amide bonds. The van der Waals surface area contributed by atoms with Gasteiger partial charge in [0.05, 0.1) is 52.8 Å². The van der Waals surface area contributed by atoms with Crippen LogP contribution in [0.15, 0.2) is 24.3 Å². The molecule has 34 heavy (non-hydrogen) atoms. The quantitative estimate of drug-likeness (QED) is 0.148. The van der Waals surface area contributed by atoms with E-state index in [9.17, 15) is 14.4 Å². The van der Waals surface area contributed by atoms with Crippen molar-refractivity contribution in [1.29, 1.82) is 0 Å². The van der Waals surface area contributed by atoms with E-state index in [0.29, 0.717) is 64.7 Å². The number of anilines is 1. The summed E-state index contributed by atoms with van der Waals surface area (Å²) in [5.41, 5.74) is 5.45. The summed E-state index contributed by atoms with van der Waals surface area (Å²) >= 11 is 0. The maximum absolute atomic E-state index is 12.7. The Labute approximate surface area is 199 Å². The van der Waals surface area contributed by atoms with Crippen molar-refractivity contribution >= 4 is 23.4 Å². The van der Waals surface area contributed by atoms with Crippen molar-refractivity contribution in [2.24, 2.45) is 11.1 Å². The molecular weight excluding hydrogens is 444 g/mol. The summed E-state index contributed by atoms with van der Waals surface area (Å²) < 4.78 is 15.9. The first-order valence-electron chi connectivity index (χ1n) is 11.5. The van der Waals surface area contributed by atoms with E-state index < -0.39 is 17.2 Å². The number of aliphatic hydroxyl groups is 1. The standard InChI is InChI=1S/C23H36N4O7/c24-8-10-32-12-14-34-15-13-33-11-9-25-21(30)23(6-1-7-23)22(31)26-16-20(29)27-19-4-2-18(17-28)3-5-19/h2-5,28H,1,6-17,24H2,(H,25,30)(H,26,31)(H,27,29). The Balaban J connectivity index is 1.62. The number of hydrogen-bond donors (Lipinski definition) is 5. The van der Waals surface area contributed by atoms with Crippen LogP contribution in [0.4, 0.5) is 5.69 Å². The van der Waals surface area contributed by atoms with Gasteiger partial charge in [-0.1, -0.05) is 18.6 Å². The van der Waals surface area contributed by atoms with Gasteiger partial charge in [0.15, 0.2) is 0 Å². The maximum atomic E-state index is 12.7. The van der Waals surface area contributed by atoms with Gasteiger partial charge in [-0.15, -0.1) is 0 Å². The molecule has 0 bridgehead atoms. The molecule has 1 aromatic rings. The largest absolute Gasteiger partial charge is 0.392 e. The first kappa shape index (κ1) is 27.7. The van der Waals surface area contributed by atoms with E-state index in [0.717, 1.165) is 12.0 Å². The molecule has 11 nitrogen and oxygen atoms in total. The second-order valence-electron chi connectivity index (χ2n) is 7.90. The van der Waals surface area contributed by atoms with E-state index in [-0.39, 0.29) is 25.6 Å². The lowest BCUT2D eigenvalue weighted by Crippen LogP contribution is -2.56. The minimum atomic E-state index is -1.14. The van der Waals surface area contributed by atoms with Crippen molar-refractivity contribution in [3.8, 4) is 0 Å². The van der Waals surface area contributed by atoms with Crippen molar-refractivity contribution in [1.82, 2.24) is 10.6 Å². The lowest BCUT2D eigenvalue weighted by Gasteiger charge is -2.38. The van der Waals surface area contributed by atoms with Gasteiger partial charge in [-0.2, -0.15) is 0 Å². The Hall–Kier alpha value is -2.57. The number of ether oxygens (including phenoxy) is 3. The van der Waals surface area contributed by atoms with Gasteiger partial charge >= 0.3 is 0 Å². The Morgan fingerprint density at radius 1 is 0.882 bits per heavy atom. The number of benzene rings is 1. The molecular formula is C23H36N4O7. The number of rotatable bonds is 17. The third-order valence-electron chi connectivity index (χ3n) is 5.44. The molecule has 0 aromatic heterocycles. The monoisotopic (exact) mass is 480 g/mol. The zero-order valence-electron chi connectivity index (χ0n) is 19.5. The number of aliphatic hydroxyl groups excluding tert-OH is 1. The van der Waals surface area contributed by atoms with Crippen LogP contribution in [0.25, 0.3) is 0 Å². The fourth-order valence-corrected chi connectivity index (χ4v) is 3.35. The third-order valence-corrected chi connectivity index (χ3v) is 5.44. The number of hydrogen-bond acceptors (Lipinski definition) is 8. The molecule has 0 saturated heterocycles. The van der Waals surface area contributed by atoms with Gasteiger partial charge in [0.25, 0.3) is 0 Å². The molecule has 6 N–H and O–H groups in total. The Morgan fingerprint density at radius 3 is 2.03 bits per heavy atom. The van der Waals surface area contributed by atoms with Crippen LogP contribution in [0.5, 0.6) is 0 Å². The molecule has 11 heteroatoms. The van der Waals surface area contributed by atoms with Crippen LogP contribution in [0.1, 0.15) is 24.8 Å². The van der Waals surface area contributed by atoms with Crippen LogP contribution in [0.3, 0.4) is 0 Å². The normalized spacial score (nSPS) is 14.2. The number of carbonyl (C=O) groups excluding carboxylic acids is 3. The van der Waals surface area contributed by atoms with Gasteiger partial charge in [-0.05, 0) is 30.5 Å². The highest BCUT2D eigenvalue weighted by Crippen LogP contribution is 2.41. The van der Waals surface area contributed by atoms with Crippen LogP contribution >= 0.6 is 0 Å². The van der Waals surface area contributed by atoms with Crippen molar-refractivity contribution < 1.29 is 33.7 Å². The maximum Gasteiger partial charge on any atom is 0.243 e. The zero-order chi connectivity index (χ0) is 24.7. The number of amides is 3. The molecule has 1 aromatic carbocycles. The van der Waals surface area contributed by atoms with Crippen molar-refractivity contribution in [2.75, 3.05) is 64.6 Å². The van der Waals surface area contributed by atoms with Gasteiger partial charge in [0.1, 0.15) is 5.41 Å². The molecule has 0 spiro atoms. The summed E-state index contributed by atoms with van der Waals surface area (Å²) in [4.78, 5) is 37.5. The molecule has 0 unspecified atom stereocenters. The van der Waals surface area contributed by atoms with Crippen LogP contribution < -0.4 is 21.7 Å². The summed E-state index contributed by atoms with van der Waals surface area (Å²) in [5, 5.41) is 17.1. The fraction of sp³-hybridized carbons (Fsp3) is 0.609. The average molecular weight is 481 g/mol. The molecule has 1 fully saturated rings. The van der Waals surface area contributed by atoms with Gasteiger partial charge in [-0.25, -0.2) is 0 Å². The Kier molecular flexibility index (Phi) is 12.5. The molecule has 0 heterocycles. The fourth-order valence-electron chi connectivity index (χ4n) is 3.35. The summed E-state index contributed by atoms with van der Waals surface area (Å²) in [6.07, 6.45) is 1.65. The zero-order valence-corrected chi connectivity index (χ0v) is 19.5. The van der Waals surface area contributed by atoms with Crippen molar-refractivity contribution in [3.05, 3.63) is 29.8 Å². The summed E-state index contributed by atoms with van der Waals surface area (Å²) in [7, 11) is 0. The van der Waals surface area contributed by atoms with Crippen molar-refractivity contribution in [2.45, 2.75) is 25.9 Å². The van der Waals surface area contributed by atoms with E-state index >= 15 is 0 Å². The summed E-state index contributed by atoms with van der Waals surface area (Å²) in [6, 6.07) is 6.72.